The lowest BCUT2D eigenvalue weighted by Crippen LogP contribution is -2.28. The number of carbonyl (C=O) groups excluding carboxylic acids is 1. The van der Waals surface area contributed by atoms with Crippen LogP contribution in [0.3, 0.4) is 0 Å². The summed E-state index contributed by atoms with van der Waals surface area (Å²) in [5.74, 6) is -0.314. The molecule has 0 aromatic carbocycles. The van der Waals surface area contributed by atoms with Gasteiger partial charge in [0.15, 0.2) is 0 Å². The van der Waals surface area contributed by atoms with E-state index in [1.165, 1.54) is 7.11 Å². The van der Waals surface area contributed by atoms with Crippen LogP contribution in [0.15, 0.2) is 12.2 Å². The number of rotatable bonds is 2. The van der Waals surface area contributed by atoms with Gasteiger partial charge in [-0.05, 0) is 18.8 Å². The lowest BCUT2D eigenvalue weighted by atomic mass is 9.84. The van der Waals surface area contributed by atoms with Gasteiger partial charge in [-0.15, -0.1) is 0 Å². The molecule has 1 aliphatic carbocycles. The number of hydrogen-bond donors (Lipinski definition) is 1. The molecule has 0 fully saturated rings. The maximum absolute atomic E-state index is 11.2. The molecule has 0 saturated carbocycles. The molecule has 0 aromatic heterocycles. The predicted molar refractivity (Wildman–Crippen MR) is 44.5 cm³/mol. The van der Waals surface area contributed by atoms with Gasteiger partial charge in [-0.3, -0.25) is 4.79 Å². The SMILES string of the molecule is COC(=O)[C@@H]1CC=CC[C@H]1CO. The van der Waals surface area contributed by atoms with Crippen molar-refractivity contribution in [2.45, 2.75) is 12.8 Å². The van der Waals surface area contributed by atoms with Gasteiger partial charge >= 0.3 is 5.97 Å². The molecule has 2 atom stereocenters. The molecule has 0 amide bonds. The topological polar surface area (TPSA) is 46.5 Å². The van der Waals surface area contributed by atoms with E-state index >= 15 is 0 Å². The fourth-order valence-corrected chi connectivity index (χ4v) is 1.51. The van der Waals surface area contributed by atoms with Crippen molar-refractivity contribution >= 4 is 5.97 Å². The number of aliphatic hydroxyl groups excluding tert-OH is 1. The van der Waals surface area contributed by atoms with E-state index in [1.54, 1.807) is 0 Å². The van der Waals surface area contributed by atoms with Crippen molar-refractivity contribution < 1.29 is 14.6 Å². The van der Waals surface area contributed by atoms with Crippen LogP contribution < -0.4 is 0 Å². The number of hydrogen-bond acceptors (Lipinski definition) is 3. The molecule has 0 spiro atoms. The van der Waals surface area contributed by atoms with Crippen molar-refractivity contribution in [2.75, 3.05) is 13.7 Å². The Balaban J connectivity index is 2.60. The number of aliphatic hydroxyl groups is 1. The maximum Gasteiger partial charge on any atom is 0.309 e. The quantitative estimate of drug-likeness (QED) is 0.491. The maximum atomic E-state index is 11.2. The fraction of sp³-hybridized carbons (Fsp3) is 0.667. The van der Waals surface area contributed by atoms with Gasteiger partial charge in [0.25, 0.3) is 0 Å². The third-order valence-electron chi connectivity index (χ3n) is 2.30. The van der Waals surface area contributed by atoms with E-state index in [0.717, 1.165) is 6.42 Å². The third kappa shape index (κ3) is 1.85. The highest BCUT2D eigenvalue weighted by atomic mass is 16.5. The highest BCUT2D eigenvalue weighted by Gasteiger charge is 2.28. The molecule has 0 aromatic rings. The number of ether oxygens (including phenoxy) is 1. The van der Waals surface area contributed by atoms with E-state index < -0.39 is 0 Å². The lowest BCUT2D eigenvalue weighted by molar-refractivity contribution is -0.148. The summed E-state index contributed by atoms with van der Waals surface area (Å²) in [5, 5.41) is 8.96. The van der Waals surface area contributed by atoms with E-state index in [-0.39, 0.29) is 24.4 Å². The molecule has 0 aliphatic heterocycles. The van der Waals surface area contributed by atoms with Crippen LogP contribution in [0.1, 0.15) is 12.8 Å². The van der Waals surface area contributed by atoms with Gasteiger partial charge in [0, 0.05) is 6.61 Å². The molecule has 0 saturated heterocycles. The number of methoxy groups -OCH3 is 1. The van der Waals surface area contributed by atoms with E-state index in [0.29, 0.717) is 6.42 Å². The second kappa shape index (κ2) is 4.26. The van der Waals surface area contributed by atoms with Gasteiger partial charge in [0.1, 0.15) is 0 Å². The summed E-state index contributed by atoms with van der Waals surface area (Å²) in [4.78, 5) is 11.2. The summed E-state index contributed by atoms with van der Waals surface area (Å²) >= 11 is 0. The Morgan fingerprint density at radius 2 is 2.25 bits per heavy atom. The second-order valence-electron chi connectivity index (χ2n) is 3.02. The van der Waals surface area contributed by atoms with E-state index in [2.05, 4.69) is 4.74 Å². The predicted octanol–water partition coefficient (Wildman–Crippen LogP) is 0.734. The van der Waals surface area contributed by atoms with Gasteiger partial charge in [-0.1, -0.05) is 12.2 Å². The Bertz CT molecular complexity index is 186. The first-order chi connectivity index (χ1) is 5.79. The Kier molecular flexibility index (Phi) is 3.29. The first kappa shape index (κ1) is 9.26. The summed E-state index contributed by atoms with van der Waals surface area (Å²) in [5.41, 5.74) is 0. The van der Waals surface area contributed by atoms with E-state index in [9.17, 15) is 4.79 Å². The van der Waals surface area contributed by atoms with Crippen molar-refractivity contribution in [3.63, 3.8) is 0 Å². The number of allylic oxidation sites excluding steroid dienone is 2. The molecule has 0 unspecified atom stereocenters. The molecule has 3 heteroatoms. The Hall–Kier alpha value is -0.830. The van der Waals surface area contributed by atoms with Crippen molar-refractivity contribution in [1.29, 1.82) is 0 Å². The van der Waals surface area contributed by atoms with Crippen LogP contribution in [0.2, 0.25) is 0 Å². The third-order valence-corrected chi connectivity index (χ3v) is 2.30. The summed E-state index contributed by atoms with van der Waals surface area (Å²) in [6.07, 6.45) is 5.43. The van der Waals surface area contributed by atoms with E-state index in [1.807, 2.05) is 12.2 Å². The first-order valence-electron chi connectivity index (χ1n) is 4.13. The van der Waals surface area contributed by atoms with Gasteiger partial charge in [0.05, 0.1) is 13.0 Å². The van der Waals surface area contributed by atoms with Crippen molar-refractivity contribution in [1.82, 2.24) is 0 Å². The van der Waals surface area contributed by atoms with E-state index in [4.69, 9.17) is 5.11 Å². The molecule has 0 radical (unpaired) electrons. The van der Waals surface area contributed by atoms with Gasteiger partial charge in [0.2, 0.25) is 0 Å². The van der Waals surface area contributed by atoms with Crippen LogP contribution in [-0.4, -0.2) is 24.8 Å². The zero-order chi connectivity index (χ0) is 8.97. The molecule has 1 N–H and O–H groups in total. The molecule has 1 rings (SSSR count). The zero-order valence-electron chi connectivity index (χ0n) is 7.19. The summed E-state index contributed by atoms with van der Waals surface area (Å²) in [6.45, 7) is 0.0596. The number of esters is 1. The highest BCUT2D eigenvalue weighted by Crippen LogP contribution is 2.25. The minimum absolute atomic E-state index is 0.0439. The minimum atomic E-state index is -0.210. The largest absolute Gasteiger partial charge is 0.469 e. The van der Waals surface area contributed by atoms with Crippen LogP contribution in [-0.2, 0) is 9.53 Å². The summed E-state index contributed by atoms with van der Waals surface area (Å²) < 4.78 is 4.64. The number of carbonyl (C=O) groups is 1. The van der Waals surface area contributed by atoms with Gasteiger partial charge in [-0.25, -0.2) is 0 Å². The molecule has 0 bridgehead atoms. The smallest absolute Gasteiger partial charge is 0.309 e. The normalized spacial score (nSPS) is 28.5. The summed E-state index contributed by atoms with van der Waals surface area (Å²) in [6, 6.07) is 0. The average Bonchev–Trinajstić information content (AvgIpc) is 2.16. The molecule has 3 nitrogen and oxygen atoms in total. The van der Waals surface area contributed by atoms with Crippen LogP contribution in [0, 0.1) is 11.8 Å². The van der Waals surface area contributed by atoms with Crippen LogP contribution >= 0.6 is 0 Å². The van der Waals surface area contributed by atoms with Crippen molar-refractivity contribution in [3.05, 3.63) is 12.2 Å². The Morgan fingerprint density at radius 3 is 2.83 bits per heavy atom. The molecule has 0 heterocycles. The van der Waals surface area contributed by atoms with Crippen LogP contribution in [0.5, 0.6) is 0 Å². The van der Waals surface area contributed by atoms with Crippen molar-refractivity contribution in [2.24, 2.45) is 11.8 Å². The lowest BCUT2D eigenvalue weighted by Gasteiger charge is -2.24. The molecule has 1 aliphatic rings. The van der Waals surface area contributed by atoms with Crippen LogP contribution in [0.25, 0.3) is 0 Å². The first-order valence-corrected chi connectivity index (χ1v) is 4.13. The highest BCUT2D eigenvalue weighted by molar-refractivity contribution is 5.73. The average molecular weight is 170 g/mol. The molecular weight excluding hydrogens is 156 g/mol. The Morgan fingerprint density at radius 1 is 1.58 bits per heavy atom. The van der Waals surface area contributed by atoms with Gasteiger partial charge in [-0.2, -0.15) is 0 Å². The standard InChI is InChI=1S/C9H14O3/c1-12-9(11)8-5-3-2-4-7(8)6-10/h2-3,7-8,10H,4-6H2,1H3/t7-,8+/m0/s1. The monoisotopic (exact) mass is 170 g/mol. The van der Waals surface area contributed by atoms with Crippen LogP contribution in [0.4, 0.5) is 0 Å². The molecular formula is C9H14O3. The second-order valence-corrected chi connectivity index (χ2v) is 3.02. The fourth-order valence-electron chi connectivity index (χ4n) is 1.51. The molecule has 12 heavy (non-hydrogen) atoms. The van der Waals surface area contributed by atoms with Crippen molar-refractivity contribution in [3.8, 4) is 0 Å². The minimum Gasteiger partial charge on any atom is -0.469 e. The van der Waals surface area contributed by atoms with Gasteiger partial charge < -0.3 is 9.84 Å². The summed E-state index contributed by atoms with van der Waals surface area (Å²) in [7, 11) is 1.38. The Labute approximate surface area is 72.0 Å². The molecule has 68 valence electrons. The zero-order valence-corrected chi connectivity index (χ0v) is 7.19.